The summed E-state index contributed by atoms with van der Waals surface area (Å²) in [7, 11) is -5.07. The minimum Gasteiger partial charge on any atom is -0.394 e. The van der Waals surface area contributed by atoms with E-state index < -0.39 is 82.6 Å². The number of phosphoric acid groups is 1. The van der Waals surface area contributed by atoms with Crippen LogP contribution in [-0.2, 0) is 32.8 Å². The Morgan fingerprint density at radius 3 is 1.49 bits per heavy atom. The highest BCUT2D eigenvalue weighted by Crippen LogP contribution is 2.40. The number of unbranched alkanes of at least 4 members (excludes halogenated alkanes) is 3. The van der Waals surface area contributed by atoms with E-state index in [9.17, 15) is 35.2 Å². The summed E-state index contributed by atoms with van der Waals surface area (Å²) < 4.78 is 40.8. The van der Waals surface area contributed by atoms with Gasteiger partial charge in [0.05, 0.1) is 26.4 Å². The first-order valence-corrected chi connectivity index (χ1v) is 17.1. The molecule has 2 heterocycles. The molecule has 0 aliphatic carbocycles. The van der Waals surface area contributed by atoms with E-state index in [4.69, 9.17) is 38.6 Å². The van der Waals surface area contributed by atoms with Crippen LogP contribution in [0.1, 0.15) is 59.3 Å². The first-order chi connectivity index (χ1) is 21.3. The lowest BCUT2D eigenvalue weighted by molar-refractivity contribution is -0.307. The highest BCUT2D eigenvalue weighted by molar-refractivity contribution is 7.46. The third kappa shape index (κ3) is 16.0. The monoisotopic (exact) mass is 681 g/mol. The molecule has 10 atom stereocenters. The quantitative estimate of drug-likeness (QED) is 0.0398. The smallest absolute Gasteiger partial charge is 0.394 e. The number of aliphatic hydroxyl groups excluding tert-OH is 7. The zero-order valence-electron chi connectivity index (χ0n) is 26.5. The lowest BCUT2D eigenvalue weighted by Crippen LogP contribution is -2.59. The van der Waals surface area contributed by atoms with Gasteiger partial charge in [-0.1, -0.05) is 40.0 Å². The normalized spacial score (nSPS) is 32.4. The minimum atomic E-state index is -5.07. The molecule has 2 fully saturated rings. The number of hydrogen-bond donors (Lipinski definition) is 9. The number of aliphatic hydroxyl groups is 7. The maximum absolute atomic E-state index is 10.9. The molecule has 0 amide bonds. The van der Waals surface area contributed by atoms with Crippen LogP contribution >= 0.6 is 7.82 Å². The second kappa shape index (κ2) is 23.0. The molecule has 17 nitrogen and oxygen atoms in total. The molecule has 0 aromatic rings. The standard InChI is InChI=1S/C15H29O16P.C12H27N/c16-1-2-28-14-12(21)10(19)8(17)6(29-14)3-26-5-27-4-7-9(18)11(20)13(22)15(30-7)31-32(23,24)25;1-4-7-10-13(11-8-5-2)12-9-6-3/h6-22H,1-5H2,(H2,23,24,25);4-12H2,1-3H3/t6-,7+,8+,9-,10+,11-,12-,13+,14-,15-;/m1./s1. The number of hydrogen-bond acceptors (Lipinski definition) is 15. The summed E-state index contributed by atoms with van der Waals surface area (Å²) in [5, 5.41) is 67.9. The van der Waals surface area contributed by atoms with E-state index in [0.717, 1.165) is 0 Å². The van der Waals surface area contributed by atoms with Gasteiger partial charge < -0.3 is 74.1 Å². The van der Waals surface area contributed by atoms with Gasteiger partial charge in [0.15, 0.2) is 12.6 Å². The number of nitrogens with zero attached hydrogens (tertiary/aromatic N) is 1. The van der Waals surface area contributed by atoms with Gasteiger partial charge in [-0.3, -0.25) is 4.52 Å². The van der Waals surface area contributed by atoms with Gasteiger partial charge in [-0.05, 0) is 38.9 Å². The number of rotatable bonds is 20. The van der Waals surface area contributed by atoms with E-state index in [1.165, 1.54) is 58.2 Å². The lowest BCUT2D eigenvalue weighted by Gasteiger charge is -2.40. The summed E-state index contributed by atoms with van der Waals surface area (Å²) in [4.78, 5) is 20.3. The third-order valence-electron chi connectivity index (χ3n) is 7.17. The molecule has 2 saturated heterocycles. The Balaban J connectivity index is 0.000000656. The van der Waals surface area contributed by atoms with Gasteiger partial charge in [-0.25, -0.2) is 4.57 Å². The van der Waals surface area contributed by atoms with E-state index in [-0.39, 0.29) is 19.8 Å². The van der Waals surface area contributed by atoms with Crippen LogP contribution in [0.25, 0.3) is 0 Å². The first-order valence-electron chi connectivity index (χ1n) is 15.5. The largest absolute Gasteiger partial charge is 0.472 e. The van der Waals surface area contributed by atoms with Crippen molar-refractivity contribution in [3.05, 3.63) is 0 Å². The van der Waals surface area contributed by atoms with Gasteiger partial charge in [0, 0.05) is 0 Å². The van der Waals surface area contributed by atoms with Gasteiger partial charge in [-0.15, -0.1) is 0 Å². The Labute approximate surface area is 264 Å². The summed E-state index contributed by atoms with van der Waals surface area (Å²) in [6.07, 6.45) is -7.78. The predicted molar refractivity (Wildman–Crippen MR) is 157 cm³/mol. The number of phosphoric ester groups is 1. The van der Waals surface area contributed by atoms with Crippen LogP contribution < -0.4 is 0 Å². The van der Waals surface area contributed by atoms with Gasteiger partial charge in [0.1, 0.15) is 55.6 Å². The maximum Gasteiger partial charge on any atom is 0.472 e. The topological polar surface area (TPSA) is 258 Å². The Morgan fingerprint density at radius 1 is 0.667 bits per heavy atom. The van der Waals surface area contributed by atoms with Crippen molar-refractivity contribution in [2.45, 2.75) is 121 Å². The van der Waals surface area contributed by atoms with Crippen LogP contribution in [0.2, 0.25) is 0 Å². The Morgan fingerprint density at radius 2 is 1.09 bits per heavy atom. The molecule has 45 heavy (non-hydrogen) atoms. The van der Waals surface area contributed by atoms with E-state index in [1.807, 2.05) is 0 Å². The fourth-order valence-electron chi connectivity index (χ4n) is 4.51. The molecule has 2 aliphatic heterocycles. The molecule has 0 saturated carbocycles. The van der Waals surface area contributed by atoms with Crippen molar-refractivity contribution in [1.29, 1.82) is 0 Å². The minimum absolute atomic E-state index is 0.182. The van der Waals surface area contributed by atoms with Crippen molar-refractivity contribution in [3.63, 3.8) is 0 Å². The summed E-state index contributed by atoms with van der Waals surface area (Å²) in [5.74, 6) is 0. The third-order valence-corrected chi connectivity index (χ3v) is 7.65. The number of ether oxygens (including phenoxy) is 5. The molecule has 0 radical (unpaired) electrons. The summed E-state index contributed by atoms with van der Waals surface area (Å²) in [5.41, 5.74) is 0. The Hall–Kier alpha value is -0.410. The van der Waals surface area contributed by atoms with Crippen LogP contribution in [0.3, 0.4) is 0 Å². The van der Waals surface area contributed by atoms with Crippen LogP contribution in [0.15, 0.2) is 0 Å². The average Bonchev–Trinajstić information content (AvgIpc) is 3.00. The molecular weight excluding hydrogens is 625 g/mol. The zero-order valence-corrected chi connectivity index (χ0v) is 27.3. The zero-order chi connectivity index (χ0) is 34.0. The van der Waals surface area contributed by atoms with Gasteiger partial charge in [-0.2, -0.15) is 0 Å². The van der Waals surface area contributed by atoms with Crippen LogP contribution in [0, 0.1) is 0 Å². The van der Waals surface area contributed by atoms with Crippen molar-refractivity contribution in [2.24, 2.45) is 0 Å². The maximum atomic E-state index is 10.9. The summed E-state index contributed by atoms with van der Waals surface area (Å²) >= 11 is 0. The molecule has 0 spiro atoms. The second-order valence-electron chi connectivity index (χ2n) is 11.0. The Bertz CT molecular complexity index is 777. The lowest BCUT2D eigenvalue weighted by atomic mass is 9.99. The van der Waals surface area contributed by atoms with E-state index in [1.54, 1.807) is 0 Å². The van der Waals surface area contributed by atoms with Crippen molar-refractivity contribution in [3.8, 4) is 0 Å². The molecule has 18 heteroatoms. The molecule has 0 aromatic heterocycles. The van der Waals surface area contributed by atoms with Crippen LogP contribution in [-0.4, -0.2) is 165 Å². The van der Waals surface area contributed by atoms with Crippen molar-refractivity contribution in [1.82, 2.24) is 4.90 Å². The fourth-order valence-corrected chi connectivity index (χ4v) is 4.95. The molecule has 9 N–H and O–H groups in total. The second-order valence-corrected chi connectivity index (χ2v) is 12.2. The molecule has 2 aliphatic rings. The van der Waals surface area contributed by atoms with Crippen molar-refractivity contribution < 1.29 is 78.3 Å². The molecule has 0 aromatic carbocycles. The van der Waals surface area contributed by atoms with E-state index in [2.05, 4.69) is 30.2 Å². The van der Waals surface area contributed by atoms with Crippen LogP contribution in [0.5, 0.6) is 0 Å². The van der Waals surface area contributed by atoms with E-state index >= 15 is 0 Å². The molecule has 0 unspecified atom stereocenters. The Kier molecular flexibility index (Phi) is 21.8. The predicted octanol–water partition coefficient (Wildman–Crippen LogP) is -1.60. The molecular formula is C27H56NO16P. The van der Waals surface area contributed by atoms with E-state index in [0.29, 0.717) is 0 Å². The van der Waals surface area contributed by atoms with Crippen molar-refractivity contribution in [2.75, 3.05) is 52.9 Å². The highest BCUT2D eigenvalue weighted by atomic mass is 31.2. The summed E-state index contributed by atoms with van der Waals surface area (Å²) in [6.45, 7) is 8.98. The molecule has 0 bridgehead atoms. The van der Waals surface area contributed by atoms with Crippen molar-refractivity contribution >= 4 is 7.82 Å². The SMILES string of the molecule is CCCCN(CCCC)CCCC.O=P(O)(O)O[C@H]1O[C@@H](COCOC[C@H]2O[C@@H](OCCO)[C@H](O)[C@@H](O)[C@H]2O)[C@@H](O)[C@@H](O)[C@@H]1O. The fraction of sp³-hybridized carbons (Fsp3) is 1.00. The first kappa shape index (κ1) is 42.6. The van der Waals surface area contributed by atoms with Gasteiger partial charge in [0.25, 0.3) is 0 Å². The highest BCUT2D eigenvalue weighted by Gasteiger charge is 2.47. The molecule has 270 valence electrons. The molecule has 2 rings (SSSR count). The van der Waals surface area contributed by atoms with Gasteiger partial charge >= 0.3 is 7.82 Å². The average molecular weight is 682 g/mol. The van der Waals surface area contributed by atoms with Crippen LogP contribution in [0.4, 0.5) is 0 Å². The van der Waals surface area contributed by atoms with Gasteiger partial charge in [0.2, 0.25) is 0 Å². The summed E-state index contributed by atoms with van der Waals surface area (Å²) in [6, 6.07) is 0.